The SMILES string of the molecule is CCN(CCC#N)c1ccc(N=Nc2c(Cl)cc([N+](=O)[O-])cc2Cl)c(C)c1. The van der Waals surface area contributed by atoms with E-state index in [0.717, 1.165) is 17.8 Å². The number of anilines is 1. The molecule has 0 saturated carbocycles. The van der Waals surface area contributed by atoms with Crippen molar-refractivity contribution in [2.24, 2.45) is 10.2 Å². The maximum Gasteiger partial charge on any atom is 0.272 e. The Bertz CT molecular complexity index is 901. The first-order valence-corrected chi connectivity index (χ1v) is 8.90. The van der Waals surface area contributed by atoms with Gasteiger partial charge in [0.2, 0.25) is 0 Å². The molecular formula is C18H17Cl2N5O2. The quantitative estimate of drug-likeness (QED) is 0.303. The van der Waals surface area contributed by atoms with Crippen LogP contribution in [-0.4, -0.2) is 18.0 Å². The van der Waals surface area contributed by atoms with Gasteiger partial charge in [0.25, 0.3) is 5.69 Å². The number of nitrogens with zero attached hydrogens (tertiary/aromatic N) is 5. The molecule has 0 aromatic heterocycles. The molecule has 27 heavy (non-hydrogen) atoms. The van der Waals surface area contributed by atoms with Gasteiger partial charge >= 0.3 is 0 Å². The van der Waals surface area contributed by atoms with E-state index in [1.54, 1.807) is 0 Å². The molecule has 0 saturated heterocycles. The van der Waals surface area contributed by atoms with Gasteiger partial charge in [-0.3, -0.25) is 10.1 Å². The average molecular weight is 406 g/mol. The summed E-state index contributed by atoms with van der Waals surface area (Å²) in [4.78, 5) is 12.4. The molecule has 0 spiro atoms. The summed E-state index contributed by atoms with van der Waals surface area (Å²) in [5, 5.41) is 27.9. The molecule has 0 amide bonds. The van der Waals surface area contributed by atoms with Gasteiger partial charge in [-0.1, -0.05) is 23.2 Å². The molecule has 2 aromatic rings. The van der Waals surface area contributed by atoms with Crippen molar-refractivity contribution in [3.05, 3.63) is 56.1 Å². The molecule has 0 radical (unpaired) electrons. The molecule has 0 bridgehead atoms. The van der Waals surface area contributed by atoms with Gasteiger partial charge in [-0.05, 0) is 37.6 Å². The van der Waals surface area contributed by atoms with Gasteiger partial charge in [-0.15, -0.1) is 5.11 Å². The number of azo groups is 1. The summed E-state index contributed by atoms with van der Waals surface area (Å²) in [5.41, 5.74) is 2.48. The summed E-state index contributed by atoms with van der Waals surface area (Å²) in [5.74, 6) is 0. The van der Waals surface area contributed by atoms with Crippen LogP contribution in [0.4, 0.5) is 22.7 Å². The zero-order valence-corrected chi connectivity index (χ0v) is 16.3. The van der Waals surface area contributed by atoms with Crippen molar-refractivity contribution in [3.8, 4) is 6.07 Å². The predicted molar refractivity (Wildman–Crippen MR) is 107 cm³/mol. The molecular weight excluding hydrogens is 389 g/mol. The Morgan fingerprint density at radius 3 is 2.41 bits per heavy atom. The smallest absolute Gasteiger partial charge is 0.272 e. The number of benzene rings is 2. The Morgan fingerprint density at radius 1 is 1.22 bits per heavy atom. The molecule has 2 rings (SSSR count). The van der Waals surface area contributed by atoms with E-state index < -0.39 is 4.92 Å². The topological polar surface area (TPSA) is 94.9 Å². The molecule has 0 aliphatic heterocycles. The summed E-state index contributed by atoms with van der Waals surface area (Å²) in [6, 6.07) is 10.2. The summed E-state index contributed by atoms with van der Waals surface area (Å²) in [6.45, 7) is 5.37. The second-order valence-electron chi connectivity index (χ2n) is 5.67. The van der Waals surface area contributed by atoms with Gasteiger partial charge in [0, 0.05) is 30.9 Å². The van der Waals surface area contributed by atoms with E-state index in [2.05, 4.69) is 21.2 Å². The van der Waals surface area contributed by atoms with Crippen LogP contribution in [0.5, 0.6) is 0 Å². The molecule has 9 heteroatoms. The van der Waals surface area contributed by atoms with Gasteiger partial charge in [-0.2, -0.15) is 10.4 Å². The summed E-state index contributed by atoms with van der Waals surface area (Å²) in [7, 11) is 0. The summed E-state index contributed by atoms with van der Waals surface area (Å²) >= 11 is 12.1. The van der Waals surface area contributed by atoms with Crippen molar-refractivity contribution in [2.75, 3.05) is 18.0 Å². The number of hydrogen-bond acceptors (Lipinski definition) is 6. The first-order valence-electron chi connectivity index (χ1n) is 8.15. The van der Waals surface area contributed by atoms with Gasteiger partial charge in [0.1, 0.15) is 5.69 Å². The normalized spacial score (nSPS) is 10.8. The Kier molecular flexibility index (Phi) is 7.11. The van der Waals surface area contributed by atoms with Crippen molar-refractivity contribution in [1.82, 2.24) is 0 Å². The largest absolute Gasteiger partial charge is 0.371 e. The van der Waals surface area contributed by atoms with E-state index in [4.69, 9.17) is 28.5 Å². The summed E-state index contributed by atoms with van der Waals surface area (Å²) < 4.78 is 0. The maximum atomic E-state index is 10.8. The van der Waals surface area contributed by atoms with Crippen molar-refractivity contribution in [1.29, 1.82) is 5.26 Å². The van der Waals surface area contributed by atoms with Crippen LogP contribution < -0.4 is 4.90 Å². The van der Waals surface area contributed by atoms with Crippen LogP contribution in [0.2, 0.25) is 10.0 Å². The number of nitro benzene ring substituents is 1. The second-order valence-corrected chi connectivity index (χ2v) is 6.49. The van der Waals surface area contributed by atoms with Crippen molar-refractivity contribution in [3.63, 3.8) is 0 Å². The van der Waals surface area contributed by atoms with E-state index in [9.17, 15) is 10.1 Å². The van der Waals surface area contributed by atoms with E-state index in [-0.39, 0.29) is 21.4 Å². The minimum Gasteiger partial charge on any atom is -0.371 e. The Hall–Kier alpha value is -2.69. The molecule has 0 fully saturated rings. The van der Waals surface area contributed by atoms with Crippen LogP contribution in [0.1, 0.15) is 18.9 Å². The fraction of sp³-hybridized carbons (Fsp3) is 0.278. The second kappa shape index (κ2) is 9.31. The maximum absolute atomic E-state index is 10.8. The fourth-order valence-corrected chi connectivity index (χ4v) is 3.01. The molecule has 0 N–H and O–H groups in total. The lowest BCUT2D eigenvalue weighted by molar-refractivity contribution is -0.384. The minimum absolute atomic E-state index is 0.0564. The molecule has 0 aliphatic rings. The first kappa shape index (κ1) is 20.6. The zero-order valence-electron chi connectivity index (χ0n) is 14.8. The van der Waals surface area contributed by atoms with E-state index in [0.29, 0.717) is 18.7 Å². The number of hydrogen-bond donors (Lipinski definition) is 0. The average Bonchev–Trinajstić information content (AvgIpc) is 2.62. The highest BCUT2D eigenvalue weighted by atomic mass is 35.5. The zero-order chi connectivity index (χ0) is 20.0. The Labute approximate surface area is 167 Å². The lowest BCUT2D eigenvalue weighted by Gasteiger charge is -2.22. The van der Waals surface area contributed by atoms with Crippen LogP contribution >= 0.6 is 23.2 Å². The number of nitriles is 1. The number of rotatable bonds is 7. The molecule has 140 valence electrons. The highest BCUT2D eigenvalue weighted by Crippen LogP contribution is 2.38. The fourth-order valence-electron chi connectivity index (χ4n) is 2.46. The third-order valence-corrected chi connectivity index (χ3v) is 4.47. The van der Waals surface area contributed by atoms with Crippen molar-refractivity contribution < 1.29 is 4.92 Å². The highest BCUT2D eigenvalue weighted by Gasteiger charge is 2.14. The lowest BCUT2D eigenvalue weighted by Crippen LogP contribution is -2.23. The standard InChI is InChI=1S/C18H17Cl2N5O2/c1-3-24(8-4-7-21)13-5-6-17(12(2)9-13)22-23-18-15(19)10-14(25(26)27)11-16(18)20/h5-6,9-11H,3-4,8H2,1-2H3. The Morgan fingerprint density at radius 2 is 1.89 bits per heavy atom. The van der Waals surface area contributed by atoms with Gasteiger partial charge in [-0.25, -0.2) is 0 Å². The van der Waals surface area contributed by atoms with E-state index in [1.807, 2.05) is 32.0 Å². The highest BCUT2D eigenvalue weighted by molar-refractivity contribution is 6.39. The molecule has 2 aromatic carbocycles. The lowest BCUT2D eigenvalue weighted by atomic mass is 10.1. The first-order chi connectivity index (χ1) is 12.9. The Balaban J connectivity index is 2.28. The molecule has 0 unspecified atom stereocenters. The third-order valence-electron chi connectivity index (χ3n) is 3.89. The van der Waals surface area contributed by atoms with Gasteiger partial charge < -0.3 is 4.90 Å². The van der Waals surface area contributed by atoms with Crippen molar-refractivity contribution >= 4 is 46.0 Å². The number of aryl methyl sites for hydroxylation is 1. The van der Waals surface area contributed by atoms with Crippen LogP contribution in [0.15, 0.2) is 40.6 Å². The predicted octanol–water partition coefficient (Wildman–Crippen LogP) is 6.37. The molecule has 0 heterocycles. The van der Waals surface area contributed by atoms with E-state index >= 15 is 0 Å². The van der Waals surface area contributed by atoms with Crippen LogP contribution in [-0.2, 0) is 0 Å². The number of halogens is 2. The van der Waals surface area contributed by atoms with Crippen LogP contribution in [0, 0.1) is 28.4 Å². The van der Waals surface area contributed by atoms with Gasteiger partial charge in [0.15, 0.2) is 0 Å². The van der Waals surface area contributed by atoms with E-state index in [1.165, 1.54) is 12.1 Å². The third kappa shape index (κ3) is 5.16. The van der Waals surface area contributed by atoms with Crippen molar-refractivity contribution in [2.45, 2.75) is 20.3 Å². The number of non-ortho nitro benzene ring substituents is 1. The molecule has 0 atom stereocenters. The number of nitro groups is 1. The minimum atomic E-state index is -0.576. The molecule has 7 nitrogen and oxygen atoms in total. The van der Waals surface area contributed by atoms with Gasteiger partial charge in [0.05, 0.1) is 33.1 Å². The summed E-state index contributed by atoms with van der Waals surface area (Å²) in [6.07, 6.45) is 0.450. The molecule has 0 aliphatic carbocycles. The van der Waals surface area contributed by atoms with Crippen LogP contribution in [0.3, 0.4) is 0 Å². The van der Waals surface area contributed by atoms with Crippen LogP contribution in [0.25, 0.3) is 0 Å². The monoisotopic (exact) mass is 405 g/mol.